The van der Waals surface area contributed by atoms with Crippen molar-refractivity contribution in [3.05, 3.63) is 162 Å². The Bertz CT molecular complexity index is 3460. The zero-order valence-corrected chi connectivity index (χ0v) is 45.5. The first-order valence-corrected chi connectivity index (χ1v) is 29.5. The van der Waals surface area contributed by atoms with Gasteiger partial charge in [-0.15, -0.1) is 0 Å². The molecule has 0 aliphatic carbocycles. The van der Waals surface area contributed by atoms with Crippen LogP contribution in [0.15, 0.2) is 84.9 Å². The van der Waals surface area contributed by atoms with E-state index in [1.54, 1.807) is 72.8 Å². The van der Waals surface area contributed by atoms with Crippen LogP contribution >= 0.6 is 46.4 Å². The first-order chi connectivity index (χ1) is 35.7. The minimum Gasteiger partial charge on any atom is -0.283 e. The van der Waals surface area contributed by atoms with Gasteiger partial charge in [-0.25, -0.2) is 45.0 Å². The normalized spacial score (nSPS) is 20.6. The van der Waals surface area contributed by atoms with Crippen LogP contribution in [0.3, 0.4) is 0 Å². The quantitative estimate of drug-likeness (QED) is 0.150. The van der Waals surface area contributed by atoms with Crippen molar-refractivity contribution in [2.75, 3.05) is 24.6 Å². The maximum Gasteiger partial charge on any atom is 0.286 e. The van der Waals surface area contributed by atoms with Crippen molar-refractivity contribution in [2.24, 2.45) is 0 Å². The highest BCUT2D eigenvalue weighted by Crippen LogP contribution is 2.39. The number of carbonyl (C=O) groups is 2. The van der Waals surface area contributed by atoms with E-state index >= 15 is 0 Å². The third kappa shape index (κ3) is 12.6. The van der Waals surface area contributed by atoms with Gasteiger partial charge in [-0.1, -0.05) is 89.9 Å². The van der Waals surface area contributed by atoms with Crippen molar-refractivity contribution >= 4 is 101 Å². The molecule has 2 saturated heterocycles. The molecule has 0 radical (unpaired) electrons. The molecule has 4 aliphatic heterocycles. The SMILES string of the molecule is CC1CCCC(C)N1NC(=O)c1nn(-c2ccc(Cl)cc2Cl)c2c1CS(=O)(=O)C/C2=C\c1ccc(F)cc1.O=C(NN1CCCCCC1)c1nn(-c2ccc(Cl)cc2Cl)c2c1CS(=O)(=O)C/C2=C\c1ccc(F)cc1. The van der Waals surface area contributed by atoms with Crippen LogP contribution in [0.2, 0.25) is 20.1 Å². The molecule has 2 amide bonds. The second-order valence-electron chi connectivity index (χ2n) is 19.2. The van der Waals surface area contributed by atoms with Crippen LogP contribution in [-0.2, 0) is 31.2 Å². The maximum absolute atomic E-state index is 13.6. The second-order valence-corrected chi connectivity index (χ2v) is 25.0. The van der Waals surface area contributed by atoms with Crippen molar-refractivity contribution in [1.29, 1.82) is 0 Å². The lowest BCUT2D eigenvalue weighted by Gasteiger charge is -2.38. The summed E-state index contributed by atoms with van der Waals surface area (Å²) in [6, 6.07) is 21.5. The minimum absolute atomic E-state index is 0.0178. The number of halogens is 6. The number of nitrogens with one attached hydrogen (secondary N) is 2. The Morgan fingerprint density at radius 3 is 1.40 bits per heavy atom. The summed E-state index contributed by atoms with van der Waals surface area (Å²) >= 11 is 25.3. The molecule has 2 atom stereocenters. The summed E-state index contributed by atoms with van der Waals surface area (Å²) in [4.78, 5) is 27.1. The lowest BCUT2D eigenvalue weighted by Crippen LogP contribution is -2.54. The zero-order chi connectivity index (χ0) is 53.3. The van der Waals surface area contributed by atoms with Crippen molar-refractivity contribution in [3.8, 4) is 11.4 Å². The Morgan fingerprint density at radius 1 is 0.573 bits per heavy atom. The van der Waals surface area contributed by atoms with Gasteiger partial charge in [0.05, 0.1) is 55.8 Å². The zero-order valence-electron chi connectivity index (χ0n) is 40.8. The highest BCUT2D eigenvalue weighted by atomic mass is 35.5. The lowest BCUT2D eigenvalue weighted by molar-refractivity contribution is 0.0365. The number of hydrazine groups is 2. The molecule has 2 N–H and O–H groups in total. The monoisotopic (exact) mass is 1140 g/mol. The Balaban J connectivity index is 0.000000184. The third-order valence-electron chi connectivity index (χ3n) is 13.5. The molecule has 6 heterocycles. The van der Waals surface area contributed by atoms with Gasteiger partial charge in [0, 0.05) is 46.3 Å². The van der Waals surface area contributed by atoms with Crippen LogP contribution in [0.4, 0.5) is 8.78 Å². The molecule has 75 heavy (non-hydrogen) atoms. The summed E-state index contributed by atoms with van der Waals surface area (Å²) in [6.07, 6.45) is 10.4. The molecule has 14 nitrogen and oxygen atoms in total. The number of aromatic nitrogens is 4. The predicted molar refractivity (Wildman–Crippen MR) is 290 cm³/mol. The van der Waals surface area contributed by atoms with E-state index in [1.807, 2.05) is 23.9 Å². The van der Waals surface area contributed by atoms with Gasteiger partial charge in [-0.2, -0.15) is 10.2 Å². The van der Waals surface area contributed by atoms with E-state index in [9.17, 15) is 35.2 Å². The number of hydrogen-bond acceptors (Lipinski definition) is 10. The fourth-order valence-corrected chi connectivity index (χ4v) is 13.9. The highest BCUT2D eigenvalue weighted by Gasteiger charge is 2.38. The summed E-state index contributed by atoms with van der Waals surface area (Å²) < 4.78 is 82.2. The fourth-order valence-electron chi connectivity index (χ4n) is 9.94. The first-order valence-electron chi connectivity index (χ1n) is 24.4. The average Bonchev–Trinajstić information content (AvgIpc) is 3.79. The summed E-state index contributed by atoms with van der Waals surface area (Å²) in [5.41, 5.74) is 10.5. The second kappa shape index (κ2) is 22.6. The molecule has 2 unspecified atom stereocenters. The number of hydrogen-bond donors (Lipinski definition) is 2. The van der Waals surface area contributed by atoms with Crippen molar-refractivity contribution in [2.45, 2.75) is 82.4 Å². The molecule has 2 aromatic heterocycles. The minimum atomic E-state index is -3.61. The molecule has 0 spiro atoms. The number of carbonyl (C=O) groups excluding carboxylic acids is 2. The number of benzene rings is 4. The summed E-state index contributed by atoms with van der Waals surface area (Å²) in [5.74, 6) is -2.97. The van der Waals surface area contributed by atoms with E-state index < -0.39 is 43.1 Å². The summed E-state index contributed by atoms with van der Waals surface area (Å²) in [6.45, 7) is 5.52. The number of amides is 2. The van der Waals surface area contributed by atoms with Gasteiger partial charge in [-0.3, -0.25) is 20.4 Å². The van der Waals surface area contributed by atoms with Gasteiger partial charge in [0.15, 0.2) is 31.1 Å². The third-order valence-corrected chi connectivity index (χ3v) is 17.5. The van der Waals surface area contributed by atoms with Gasteiger partial charge < -0.3 is 0 Å². The summed E-state index contributed by atoms with van der Waals surface area (Å²) in [5, 5.41) is 14.5. The van der Waals surface area contributed by atoms with E-state index in [0.29, 0.717) is 89.3 Å². The van der Waals surface area contributed by atoms with Crippen LogP contribution < -0.4 is 10.9 Å². The van der Waals surface area contributed by atoms with E-state index in [0.717, 1.165) is 44.9 Å². The Morgan fingerprint density at radius 2 is 0.987 bits per heavy atom. The van der Waals surface area contributed by atoms with Gasteiger partial charge in [0.25, 0.3) is 11.8 Å². The lowest BCUT2D eigenvalue weighted by atomic mass is 10.00. The van der Waals surface area contributed by atoms with Crippen molar-refractivity contribution < 1.29 is 35.2 Å². The molecule has 0 saturated carbocycles. The molecule has 2 fully saturated rings. The standard InChI is InChI=1S/C27H27Cl2FN4O3S.C26H25Cl2FN4O3S/c1-16-4-3-5-17(2)33(16)32-27(35)25-22-15-38(36,37)14-19(12-18-6-9-21(30)10-7-18)26(22)34(31-25)24-11-8-20(28)13-23(24)29;27-19-7-10-23(22(28)14-19)33-25-18(13-17-5-8-20(29)9-6-17)15-37(35,36)16-21(25)24(30-33)26(34)31-32-11-3-1-2-4-12-32/h6-13,16-17H,3-5,14-15H2,1-2H3,(H,32,35);5-10,13-14H,1-4,11-12,15-16H2,(H,31,34)/b19-12+;18-13+. The summed E-state index contributed by atoms with van der Waals surface area (Å²) in [7, 11) is -7.21. The Hall–Kier alpha value is -5.44. The Labute approximate surface area is 454 Å². The van der Waals surface area contributed by atoms with Crippen LogP contribution in [0.25, 0.3) is 34.7 Å². The molecular weight excluding hydrogens is 1090 g/mol. The van der Waals surface area contributed by atoms with E-state index in [1.165, 1.54) is 33.6 Å². The van der Waals surface area contributed by atoms with Gasteiger partial charge >= 0.3 is 0 Å². The molecule has 394 valence electrons. The predicted octanol–water partition coefficient (Wildman–Crippen LogP) is 11.0. The van der Waals surface area contributed by atoms with Gasteiger partial charge in [0.1, 0.15) is 11.6 Å². The van der Waals surface area contributed by atoms with Crippen LogP contribution in [0.5, 0.6) is 0 Å². The van der Waals surface area contributed by atoms with Crippen molar-refractivity contribution in [3.63, 3.8) is 0 Å². The molecule has 0 bridgehead atoms. The van der Waals surface area contributed by atoms with Crippen LogP contribution in [0.1, 0.15) is 113 Å². The molecular formula is C53H52Cl4F2N8O6S2. The number of fused-ring (bicyclic) bond motifs is 2. The number of rotatable bonds is 8. The van der Waals surface area contributed by atoms with Gasteiger partial charge in [0.2, 0.25) is 0 Å². The smallest absolute Gasteiger partial charge is 0.283 e. The van der Waals surface area contributed by atoms with E-state index in [4.69, 9.17) is 46.4 Å². The molecule has 4 aromatic carbocycles. The van der Waals surface area contributed by atoms with Crippen LogP contribution in [0, 0.1) is 11.6 Å². The van der Waals surface area contributed by atoms with E-state index in [-0.39, 0.29) is 46.5 Å². The highest BCUT2D eigenvalue weighted by molar-refractivity contribution is 7.91. The first kappa shape index (κ1) is 54.4. The number of nitrogens with zero attached hydrogens (tertiary/aromatic N) is 6. The van der Waals surface area contributed by atoms with Crippen LogP contribution in [-0.4, -0.2) is 94.9 Å². The van der Waals surface area contributed by atoms with E-state index in [2.05, 4.69) is 21.0 Å². The van der Waals surface area contributed by atoms with Crippen molar-refractivity contribution in [1.82, 2.24) is 40.4 Å². The molecule has 6 aromatic rings. The maximum atomic E-state index is 13.6. The molecule has 22 heteroatoms. The Kier molecular flexibility index (Phi) is 16.4. The van der Waals surface area contributed by atoms with Gasteiger partial charge in [-0.05, 0) is 135 Å². The molecule has 4 aliphatic rings. The largest absolute Gasteiger partial charge is 0.286 e. The number of sulfone groups is 2. The molecule has 10 rings (SSSR count). The number of piperidine rings is 1. The fraction of sp³-hybridized carbons (Fsp3) is 0.321. The topological polar surface area (TPSA) is 169 Å². The average molecular weight is 1140 g/mol.